The third-order valence-corrected chi connectivity index (χ3v) is 4.22. The molecule has 1 heterocycles. The maximum atomic E-state index is 11.2. The fourth-order valence-corrected chi connectivity index (χ4v) is 2.94. The highest BCUT2D eigenvalue weighted by atomic mass is 32.2. The van der Waals surface area contributed by atoms with Crippen molar-refractivity contribution in [3.05, 3.63) is 48.3 Å². The van der Waals surface area contributed by atoms with E-state index in [1.54, 1.807) is 11.8 Å². The number of carbonyl (C=O) groups excluding carboxylic acids is 1. The monoisotopic (exact) mass is 311 g/mol. The van der Waals surface area contributed by atoms with Crippen LogP contribution < -0.4 is 5.32 Å². The summed E-state index contributed by atoms with van der Waals surface area (Å²) in [6, 6.07) is 14.1. The largest absolute Gasteiger partial charge is 0.326 e. The summed E-state index contributed by atoms with van der Waals surface area (Å²) in [4.78, 5) is 17.1. The van der Waals surface area contributed by atoms with Gasteiger partial charge < -0.3 is 5.32 Å². The van der Waals surface area contributed by atoms with Crippen molar-refractivity contribution < 1.29 is 4.79 Å². The van der Waals surface area contributed by atoms with Crippen LogP contribution in [0.1, 0.15) is 12.7 Å². The zero-order valence-electron chi connectivity index (χ0n) is 12.8. The van der Waals surface area contributed by atoms with Crippen LogP contribution in [0.5, 0.6) is 0 Å². The average Bonchev–Trinajstić information content (AvgIpc) is 2.82. The van der Waals surface area contributed by atoms with Crippen molar-refractivity contribution >= 4 is 34.4 Å². The van der Waals surface area contributed by atoms with Gasteiger partial charge in [-0.15, -0.1) is 11.8 Å². The summed E-state index contributed by atoms with van der Waals surface area (Å²) in [5, 5.41) is 2.82. The number of fused-ring (bicyclic) bond motifs is 1. The predicted molar refractivity (Wildman–Crippen MR) is 91.9 cm³/mol. The second-order valence-corrected chi connectivity index (χ2v) is 5.96. The molecule has 0 radical (unpaired) electrons. The van der Waals surface area contributed by atoms with Gasteiger partial charge in [0.05, 0.1) is 11.0 Å². The lowest BCUT2D eigenvalue weighted by atomic mass is 10.2. The first-order valence-electron chi connectivity index (χ1n) is 6.99. The first kappa shape index (κ1) is 14.7. The number of carbonyl (C=O) groups is 1. The number of imidazole rings is 1. The molecule has 5 heteroatoms. The highest BCUT2D eigenvalue weighted by molar-refractivity contribution is 7.98. The molecule has 112 valence electrons. The molecular formula is C17H17N3OS. The average molecular weight is 311 g/mol. The number of amides is 1. The maximum absolute atomic E-state index is 11.2. The Balaban J connectivity index is 2.14. The molecule has 0 unspecified atom stereocenters. The van der Waals surface area contributed by atoms with E-state index < -0.39 is 0 Å². The molecule has 0 bridgehead atoms. The van der Waals surface area contributed by atoms with Gasteiger partial charge >= 0.3 is 0 Å². The summed E-state index contributed by atoms with van der Waals surface area (Å²) in [6.07, 6.45) is 2.06. The lowest BCUT2D eigenvalue weighted by molar-refractivity contribution is -0.114. The van der Waals surface area contributed by atoms with Crippen LogP contribution in [0.15, 0.2) is 47.4 Å². The van der Waals surface area contributed by atoms with E-state index in [1.165, 1.54) is 11.8 Å². The quantitative estimate of drug-likeness (QED) is 0.743. The lowest BCUT2D eigenvalue weighted by Gasteiger charge is -2.09. The van der Waals surface area contributed by atoms with Gasteiger partial charge in [0.15, 0.2) is 0 Å². The number of aromatic nitrogens is 2. The number of nitrogens with one attached hydrogen (secondary N) is 1. The van der Waals surface area contributed by atoms with E-state index in [9.17, 15) is 4.79 Å². The van der Waals surface area contributed by atoms with Crippen molar-refractivity contribution in [3.8, 4) is 5.69 Å². The Morgan fingerprint density at radius 1 is 1.18 bits per heavy atom. The molecule has 4 nitrogen and oxygen atoms in total. The Bertz CT molecular complexity index is 837. The van der Waals surface area contributed by atoms with Crippen LogP contribution in [0.2, 0.25) is 0 Å². The number of hydrogen-bond donors (Lipinski definition) is 1. The van der Waals surface area contributed by atoms with E-state index in [4.69, 9.17) is 0 Å². The predicted octanol–water partition coefficient (Wildman–Crippen LogP) is 4.01. The Morgan fingerprint density at radius 3 is 2.55 bits per heavy atom. The highest BCUT2D eigenvalue weighted by Crippen LogP contribution is 2.25. The van der Waals surface area contributed by atoms with Crippen molar-refractivity contribution in [2.45, 2.75) is 18.7 Å². The molecule has 0 saturated heterocycles. The third-order valence-electron chi connectivity index (χ3n) is 3.47. The molecule has 3 aromatic rings. The molecule has 0 fully saturated rings. The van der Waals surface area contributed by atoms with Gasteiger partial charge in [-0.05, 0) is 55.6 Å². The van der Waals surface area contributed by atoms with Gasteiger partial charge in [0, 0.05) is 23.2 Å². The van der Waals surface area contributed by atoms with E-state index >= 15 is 0 Å². The van der Waals surface area contributed by atoms with Gasteiger partial charge in [0.25, 0.3) is 0 Å². The molecule has 3 rings (SSSR count). The molecule has 0 aliphatic rings. The summed E-state index contributed by atoms with van der Waals surface area (Å²) in [6.45, 7) is 3.49. The molecule has 22 heavy (non-hydrogen) atoms. The number of nitrogens with zero attached hydrogens (tertiary/aromatic N) is 2. The van der Waals surface area contributed by atoms with Crippen LogP contribution in [0.4, 0.5) is 5.69 Å². The smallest absolute Gasteiger partial charge is 0.221 e. The topological polar surface area (TPSA) is 46.9 Å². The normalized spacial score (nSPS) is 10.9. The SMILES string of the molecule is CSc1ccc(-n2c(C)nc3ccc(NC(C)=O)cc32)cc1. The van der Waals surface area contributed by atoms with Crippen LogP contribution in [0, 0.1) is 6.92 Å². The minimum atomic E-state index is -0.0774. The first-order chi connectivity index (χ1) is 10.6. The summed E-state index contributed by atoms with van der Waals surface area (Å²) >= 11 is 1.72. The van der Waals surface area contributed by atoms with Gasteiger partial charge in [-0.3, -0.25) is 9.36 Å². The molecule has 1 N–H and O–H groups in total. The van der Waals surface area contributed by atoms with Crippen molar-refractivity contribution in [1.29, 1.82) is 0 Å². The second-order valence-electron chi connectivity index (χ2n) is 5.08. The van der Waals surface area contributed by atoms with E-state index in [0.29, 0.717) is 0 Å². The summed E-state index contributed by atoms with van der Waals surface area (Å²) in [5.41, 5.74) is 3.75. The summed E-state index contributed by atoms with van der Waals surface area (Å²) in [7, 11) is 0. The standard InChI is InChI=1S/C17H17N3OS/c1-11-18-16-9-4-13(19-12(2)21)10-17(16)20(11)14-5-7-15(22-3)8-6-14/h4-10H,1-3H3,(H,19,21). The second kappa shape index (κ2) is 5.85. The van der Waals surface area contributed by atoms with E-state index in [0.717, 1.165) is 28.2 Å². The number of hydrogen-bond acceptors (Lipinski definition) is 3. The molecule has 0 aliphatic heterocycles. The Kier molecular flexibility index (Phi) is 3.90. The zero-order chi connectivity index (χ0) is 15.7. The van der Waals surface area contributed by atoms with Gasteiger partial charge in [0.1, 0.15) is 5.82 Å². The fourth-order valence-electron chi connectivity index (χ4n) is 2.53. The molecule has 0 spiro atoms. The molecule has 1 aromatic heterocycles. The van der Waals surface area contributed by atoms with Crippen molar-refractivity contribution in [2.24, 2.45) is 0 Å². The van der Waals surface area contributed by atoms with Crippen LogP contribution in [-0.2, 0) is 4.79 Å². The molecule has 0 saturated carbocycles. The molecule has 2 aromatic carbocycles. The van der Waals surface area contributed by atoms with E-state index in [2.05, 4.69) is 45.4 Å². The highest BCUT2D eigenvalue weighted by Gasteiger charge is 2.10. The van der Waals surface area contributed by atoms with Gasteiger partial charge in [-0.2, -0.15) is 0 Å². The van der Waals surface area contributed by atoms with Crippen LogP contribution in [0.25, 0.3) is 16.7 Å². The Morgan fingerprint density at radius 2 is 1.91 bits per heavy atom. The van der Waals surface area contributed by atoms with E-state index in [-0.39, 0.29) is 5.91 Å². The molecule has 1 amide bonds. The fraction of sp³-hybridized carbons (Fsp3) is 0.176. The molecular weight excluding hydrogens is 294 g/mol. The zero-order valence-corrected chi connectivity index (χ0v) is 13.6. The number of anilines is 1. The minimum Gasteiger partial charge on any atom is -0.326 e. The van der Waals surface area contributed by atoms with E-state index in [1.807, 2.05) is 25.1 Å². The number of rotatable bonds is 3. The number of benzene rings is 2. The lowest BCUT2D eigenvalue weighted by Crippen LogP contribution is -2.05. The molecule has 0 aliphatic carbocycles. The number of thioether (sulfide) groups is 1. The van der Waals surface area contributed by atoms with Crippen LogP contribution >= 0.6 is 11.8 Å². The van der Waals surface area contributed by atoms with Gasteiger partial charge in [-0.1, -0.05) is 0 Å². The number of aryl methyl sites for hydroxylation is 1. The third kappa shape index (κ3) is 2.72. The minimum absolute atomic E-state index is 0.0774. The van der Waals surface area contributed by atoms with Crippen molar-refractivity contribution in [3.63, 3.8) is 0 Å². The van der Waals surface area contributed by atoms with Crippen molar-refractivity contribution in [2.75, 3.05) is 11.6 Å². The van der Waals surface area contributed by atoms with Crippen LogP contribution in [0.3, 0.4) is 0 Å². The van der Waals surface area contributed by atoms with Gasteiger partial charge in [-0.25, -0.2) is 4.98 Å². The summed E-state index contributed by atoms with van der Waals surface area (Å²) < 4.78 is 2.10. The Hall–Kier alpha value is -2.27. The Labute approximate surface area is 133 Å². The van der Waals surface area contributed by atoms with Crippen LogP contribution in [-0.4, -0.2) is 21.7 Å². The van der Waals surface area contributed by atoms with Crippen molar-refractivity contribution in [1.82, 2.24) is 9.55 Å². The maximum Gasteiger partial charge on any atom is 0.221 e. The van der Waals surface area contributed by atoms with Gasteiger partial charge in [0.2, 0.25) is 5.91 Å². The molecule has 0 atom stereocenters. The first-order valence-corrected chi connectivity index (χ1v) is 8.22. The summed E-state index contributed by atoms with van der Waals surface area (Å²) in [5.74, 6) is 0.846.